The SMILES string of the molecule is COCC(C)Oc1ccccc1NC1=CC(=O)N(CCO)C1=O. The van der Waals surface area contributed by atoms with Gasteiger partial charge in [-0.1, -0.05) is 12.1 Å². The molecule has 0 radical (unpaired) electrons. The fraction of sp³-hybridized carbons (Fsp3) is 0.375. The van der Waals surface area contributed by atoms with Crippen molar-refractivity contribution >= 4 is 17.5 Å². The lowest BCUT2D eigenvalue weighted by atomic mass is 10.2. The summed E-state index contributed by atoms with van der Waals surface area (Å²) in [6.45, 7) is 2.00. The number of ether oxygens (including phenoxy) is 2. The molecule has 1 aliphatic heterocycles. The minimum Gasteiger partial charge on any atom is -0.486 e. The van der Waals surface area contributed by atoms with Crippen LogP contribution < -0.4 is 10.1 Å². The summed E-state index contributed by atoms with van der Waals surface area (Å²) in [6.07, 6.45) is 1.05. The Morgan fingerprint density at radius 3 is 2.74 bits per heavy atom. The lowest BCUT2D eigenvalue weighted by Gasteiger charge is -2.18. The van der Waals surface area contributed by atoms with Crippen LogP contribution in [-0.4, -0.2) is 54.8 Å². The minimum absolute atomic E-state index is 0.0254. The summed E-state index contributed by atoms with van der Waals surface area (Å²) in [6, 6.07) is 7.13. The van der Waals surface area contributed by atoms with E-state index >= 15 is 0 Å². The van der Waals surface area contributed by atoms with E-state index in [1.54, 1.807) is 25.3 Å². The van der Waals surface area contributed by atoms with Crippen LogP contribution in [0.15, 0.2) is 36.0 Å². The second-order valence-corrected chi connectivity index (χ2v) is 5.08. The van der Waals surface area contributed by atoms with Gasteiger partial charge in [0.2, 0.25) is 0 Å². The molecule has 1 aromatic carbocycles. The number of para-hydroxylation sites is 2. The second-order valence-electron chi connectivity index (χ2n) is 5.08. The van der Waals surface area contributed by atoms with Gasteiger partial charge in [0, 0.05) is 13.2 Å². The van der Waals surface area contributed by atoms with Crippen LogP contribution >= 0.6 is 0 Å². The standard InChI is InChI=1S/C16H20N2O5/c1-11(10-22-2)23-14-6-4-3-5-12(14)17-13-9-15(20)18(7-8-19)16(13)21/h3-6,9,11,17,19H,7-8,10H2,1-2H3. The first-order chi connectivity index (χ1) is 11.1. The van der Waals surface area contributed by atoms with Gasteiger partial charge >= 0.3 is 0 Å². The molecule has 2 rings (SSSR count). The molecule has 0 spiro atoms. The highest BCUT2D eigenvalue weighted by Crippen LogP contribution is 2.27. The predicted molar refractivity (Wildman–Crippen MR) is 83.9 cm³/mol. The van der Waals surface area contributed by atoms with Crippen LogP contribution in [0.4, 0.5) is 5.69 Å². The van der Waals surface area contributed by atoms with Gasteiger partial charge in [0.1, 0.15) is 17.6 Å². The van der Waals surface area contributed by atoms with E-state index in [0.717, 1.165) is 4.90 Å². The number of aliphatic hydroxyl groups is 1. The Morgan fingerprint density at radius 1 is 1.30 bits per heavy atom. The number of carbonyl (C=O) groups is 2. The summed E-state index contributed by atoms with van der Waals surface area (Å²) in [4.78, 5) is 24.9. The Kier molecular flexibility index (Phi) is 5.72. The number of anilines is 1. The molecule has 0 saturated carbocycles. The smallest absolute Gasteiger partial charge is 0.277 e. The zero-order valence-electron chi connectivity index (χ0n) is 13.1. The van der Waals surface area contributed by atoms with E-state index in [9.17, 15) is 9.59 Å². The number of β-amino-alcohol motifs (C(OH)–C–C–N with tert-alkyl or cyclic N) is 1. The molecule has 1 unspecified atom stereocenters. The highest BCUT2D eigenvalue weighted by Gasteiger charge is 2.31. The first-order valence-corrected chi connectivity index (χ1v) is 7.26. The van der Waals surface area contributed by atoms with Crippen molar-refractivity contribution in [1.82, 2.24) is 4.90 Å². The van der Waals surface area contributed by atoms with Crippen molar-refractivity contribution in [1.29, 1.82) is 0 Å². The maximum absolute atomic E-state index is 12.1. The molecule has 124 valence electrons. The van der Waals surface area contributed by atoms with Crippen LogP contribution in [0.1, 0.15) is 6.92 Å². The van der Waals surface area contributed by atoms with Crippen molar-refractivity contribution in [3.05, 3.63) is 36.0 Å². The zero-order chi connectivity index (χ0) is 16.8. The summed E-state index contributed by atoms with van der Waals surface area (Å²) in [5.41, 5.74) is 0.729. The Hall–Kier alpha value is -2.38. The zero-order valence-corrected chi connectivity index (χ0v) is 13.1. The fourth-order valence-corrected chi connectivity index (χ4v) is 2.21. The number of hydrogen-bond donors (Lipinski definition) is 2. The molecule has 7 heteroatoms. The van der Waals surface area contributed by atoms with Gasteiger partial charge < -0.3 is 19.9 Å². The van der Waals surface area contributed by atoms with Gasteiger partial charge in [0.15, 0.2) is 0 Å². The van der Waals surface area contributed by atoms with Crippen LogP contribution in [0.5, 0.6) is 5.75 Å². The normalized spacial score (nSPS) is 15.6. The Morgan fingerprint density at radius 2 is 2.04 bits per heavy atom. The maximum atomic E-state index is 12.1. The molecule has 1 heterocycles. The summed E-state index contributed by atoms with van der Waals surface area (Å²) >= 11 is 0. The molecular formula is C16H20N2O5. The van der Waals surface area contributed by atoms with E-state index < -0.39 is 11.8 Å². The van der Waals surface area contributed by atoms with E-state index in [1.165, 1.54) is 6.08 Å². The topological polar surface area (TPSA) is 88.1 Å². The number of aliphatic hydroxyl groups excluding tert-OH is 1. The molecule has 0 aromatic heterocycles. The average Bonchev–Trinajstić information content (AvgIpc) is 2.77. The Bertz CT molecular complexity index is 614. The van der Waals surface area contributed by atoms with Crippen LogP contribution in [-0.2, 0) is 14.3 Å². The molecule has 1 aliphatic rings. The molecule has 1 aromatic rings. The van der Waals surface area contributed by atoms with Crippen LogP contribution in [0.2, 0.25) is 0 Å². The number of nitrogens with one attached hydrogen (secondary N) is 1. The molecule has 0 bridgehead atoms. The van der Waals surface area contributed by atoms with Crippen molar-refractivity contribution in [2.75, 3.05) is 32.2 Å². The van der Waals surface area contributed by atoms with E-state index in [1.807, 2.05) is 13.0 Å². The minimum atomic E-state index is -0.469. The molecule has 0 aliphatic carbocycles. The van der Waals surface area contributed by atoms with Crippen molar-refractivity contribution in [2.24, 2.45) is 0 Å². The number of rotatable bonds is 8. The van der Waals surface area contributed by atoms with Gasteiger partial charge in [0.25, 0.3) is 11.8 Å². The highest BCUT2D eigenvalue weighted by atomic mass is 16.5. The summed E-state index contributed by atoms with van der Waals surface area (Å²) in [5, 5.41) is 11.8. The van der Waals surface area contributed by atoms with E-state index in [2.05, 4.69) is 5.32 Å². The molecule has 0 fully saturated rings. The average molecular weight is 320 g/mol. The third kappa shape index (κ3) is 4.08. The summed E-state index contributed by atoms with van der Waals surface area (Å²) in [7, 11) is 1.59. The molecule has 1 atom stereocenters. The Balaban J connectivity index is 2.13. The van der Waals surface area contributed by atoms with Gasteiger partial charge in [0.05, 0.1) is 25.4 Å². The number of benzene rings is 1. The first-order valence-electron chi connectivity index (χ1n) is 7.26. The van der Waals surface area contributed by atoms with Gasteiger partial charge in [-0.05, 0) is 19.1 Å². The number of nitrogens with zero attached hydrogens (tertiary/aromatic N) is 1. The van der Waals surface area contributed by atoms with Crippen LogP contribution in [0.25, 0.3) is 0 Å². The fourth-order valence-electron chi connectivity index (χ4n) is 2.21. The van der Waals surface area contributed by atoms with E-state index in [-0.39, 0.29) is 25.0 Å². The van der Waals surface area contributed by atoms with Gasteiger partial charge in [-0.3, -0.25) is 14.5 Å². The van der Waals surface area contributed by atoms with Gasteiger partial charge in [-0.25, -0.2) is 0 Å². The Labute approximate surface area is 134 Å². The molecule has 2 amide bonds. The number of carbonyl (C=O) groups excluding carboxylic acids is 2. The first kappa shape index (κ1) is 17.0. The van der Waals surface area contributed by atoms with Crippen LogP contribution in [0, 0.1) is 0 Å². The third-order valence-electron chi connectivity index (χ3n) is 3.22. The van der Waals surface area contributed by atoms with Crippen molar-refractivity contribution in [3.8, 4) is 5.75 Å². The molecule has 2 N–H and O–H groups in total. The summed E-state index contributed by atoms with van der Waals surface area (Å²) in [5.74, 6) is -0.361. The van der Waals surface area contributed by atoms with Gasteiger partial charge in [-0.2, -0.15) is 0 Å². The van der Waals surface area contributed by atoms with Gasteiger partial charge in [-0.15, -0.1) is 0 Å². The van der Waals surface area contributed by atoms with E-state index in [4.69, 9.17) is 14.6 Å². The monoisotopic (exact) mass is 320 g/mol. The van der Waals surface area contributed by atoms with Crippen molar-refractivity contribution < 1.29 is 24.2 Å². The number of hydrogen-bond acceptors (Lipinski definition) is 6. The molecule has 23 heavy (non-hydrogen) atoms. The highest BCUT2D eigenvalue weighted by molar-refractivity contribution is 6.17. The number of amides is 2. The quantitative estimate of drug-likeness (QED) is 0.688. The third-order valence-corrected chi connectivity index (χ3v) is 3.22. The van der Waals surface area contributed by atoms with E-state index in [0.29, 0.717) is 18.0 Å². The number of imide groups is 1. The van der Waals surface area contributed by atoms with Crippen molar-refractivity contribution in [2.45, 2.75) is 13.0 Å². The van der Waals surface area contributed by atoms with Crippen LogP contribution in [0.3, 0.4) is 0 Å². The maximum Gasteiger partial charge on any atom is 0.277 e. The lowest BCUT2D eigenvalue weighted by Crippen LogP contribution is -2.34. The molecule has 0 saturated heterocycles. The predicted octanol–water partition coefficient (Wildman–Crippen LogP) is 0.757. The largest absolute Gasteiger partial charge is 0.486 e. The van der Waals surface area contributed by atoms with Crippen molar-refractivity contribution in [3.63, 3.8) is 0 Å². The molecular weight excluding hydrogens is 300 g/mol. The lowest BCUT2D eigenvalue weighted by molar-refractivity contribution is -0.137. The summed E-state index contributed by atoms with van der Waals surface area (Å²) < 4.78 is 10.8. The second kappa shape index (κ2) is 7.75. The molecule has 7 nitrogen and oxygen atoms in total. The number of methoxy groups -OCH3 is 1.